The molecule has 2 nitrogen and oxygen atoms in total. The zero-order valence-corrected chi connectivity index (χ0v) is 11.2. The first-order valence-electron chi connectivity index (χ1n) is 6.09. The van der Waals surface area contributed by atoms with Crippen LogP contribution in [-0.2, 0) is 0 Å². The Morgan fingerprint density at radius 1 is 1.00 bits per heavy atom. The van der Waals surface area contributed by atoms with Gasteiger partial charge in [-0.05, 0) is 31.7 Å². The van der Waals surface area contributed by atoms with Crippen LogP contribution in [0.4, 0.5) is 0 Å². The molecule has 16 heavy (non-hydrogen) atoms. The molecule has 0 unspecified atom stereocenters. The second kappa shape index (κ2) is 5.33. The van der Waals surface area contributed by atoms with E-state index in [9.17, 15) is 0 Å². The van der Waals surface area contributed by atoms with Crippen molar-refractivity contribution in [3.05, 3.63) is 23.5 Å². The summed E-state index contributed by atoms with van der Waals surface area (Å²) in [6.45, 7) is 12.8. The fraction of sp³-hybridized carbons (Fsp3) is 0.643. The minimum atomic E-state index is 0.208. The maximum absolute atomic E-state index is 5.86. The molecule has 1 heterocycles. The Bertz CT molecular complexity index is 343. The van der Waals surface area contributed by atoms with E-state index in [1.54, 1.807) is 0 Å². The second-order valence-corrected chi connectivity index (χ2v) is 5.08. The van der Waals surface area contributed by atoms with Crippen molar-refractivity contribution in [1.29, 1.82) is 0 Å². The van der Waals surface area contributed by atoms with Gasteiger partial charge in [0.1, 0.15) is 5.75 Å². The number of ether oxygens (including phenoxy) is 1. The predicted molar refractivity (Wildman–Crippen MR) is 68.2 cm³/mol. The molecule has 0 fully saturated rings. The molecule has 0 atom stereocenters. The minimum Gasteiger partial charge on any atom is -0.491 e. The maximum Gasteiger partial charge on any atom is 0.126 e. The molecular formula is C14H23NO. The van der Waals surface area contributed by atoms with Crippen LogP contribution in [0.5, 0.6) is 5.75 Å². The van der Waals surface area contributed by atoms with Crippen LogP contribution >= 0.6 is 0 Å². The Balaban J connectivity index is 3.21. The van der Waals surface area contributed by atoms with E-state index in [0.29, 0.717) is 11.8 Å². The highest BCUT2D eigenvalue weighted by atomic mass is 16.5. The average molecular weight is 221 g/mol. The van der Waals surface area contributed by atoms with Gasteiger partial charge >= 0.3 is 0 Å². The van der Waals surface area contributed by atoms with Gasteiger partial charge in [-0.2, -0.15) is 0 Å². The first kappa shape index (κ1) is 13.0. The third-order valence-electron chi connectivity index (χ3n) is 2.47. The summed E-state index contributed by atoms with van der Waals surface area (Å²) in [7, 11) is 0. The third-order valence-corrected chi connectivity index (χ3v) is 2.47. The summed E-state index contributed by atoms with van der Waals surface area (Å²) in [5.41, 5.74) is 2.42. The highest BCUT2D eigenvalue weighted by Gasteiger charge is 2.17. The van der Waals surface area contributed by atoms with Crippen LogP contribution in [0.2, 0.25) is 0 Å². The van der Waals surface area contributed by atoms with E-state index < -0.39 is 0 Å². The molecule has 0 N–H and O–H groups in total. The summed E-state index contributed by atoms with van der Waals surface area (Å²) >= 11 is 0. The zero-order valence-electron chi connectivity index (χ0n) is 11.2. The lowest BCUT2D eigenvalue weighted by Crippen LogP contribution is -2.11. The number of hydrogen-bond donors (Lipinski definition) is 0. The topological polar surface area (TPSA) is 22.1 Å². The van der Waals surface area contributed by atoms with E-state index in [4.69, 9.17) is 4.74 Å². The molecule has 1 aromatic heterocycles. The lowest BCUT2D eigenvalue weighted by atomic mass is 9.94. The van der Waals surface area contributed by atoms with Crippen molar-refractivity contribution < 1.29 is 4.74 Å². The molecular weight excluding hydrogens is 198 g/mol. The first-order valence-corrected chi connectivity index (χ1v) is 6.09. The Morgan fingerprint density at radius 3 is 2.06 bits per heavy atom. The molecule has 0 amide bonds. The highest BCUT2D eigenvalue weighted by Crippen LogP contribution is 2.32. The van der Waals surface area contributed by atoms with Crippen LogP contribution in [-0.4, -0.2) is 11.1 Å². The number of nitrogens with zero attached hydrogens (tertiary/aromatic N) is 1. The lowest BCUT2D eigenvalue weighted by Gasteiger charge is -2.20. The number of rotatable bonds is 4. The summed E-state index contributed by atoms with van der Waals surface area (Å²) in [5, 5.41) is 0. The lowest BCUT2D eigenvalue weighted by molar-refractivity contribution is 0.238. The summed E-state index contributed by atoms with van der Waals surface area (Å²) < 4.78 is 5.86. The summed E-state index contributed by atoms with van der Waals surface area (Å²) in [6.07, 6.45) is 2.05. The molecule has 0 radical (unpaired) electrons. The second-order valence-electron chi connectivity index (χ2n) is 5.08. The minimum absolute atomic E-state index is 0.208. The summed E-state index contributed by atoms with van der Waals surface area (Å²) in [4.78, 5) is 4.49. The van der Waals surface area contributed by atoms with Crippen LogP contribution in [0.3, 0.4) is 0 Å². The van der Waals surface area contributed by atoms with Crippen molar-refractivity contribution in [3.63, 3.8) is 0 Å². The van der Waals surface area contributed by atoms with Gasteiger partial charge < -0.3 is 4.74 Å². The highest BCUT2D eigenvalue weighted by molar-refractivity contribution is 5.39. The van der Waals surface area contributed by atoms with E-state index in [-0.39, 0.29) is 6.10 Å². The van der Waals surface area contributed by atoms with Crippen molar-refractivity contribution in [2.75, 3.05) is 0 Å². The van der Waals surface area contributed by atoms with Crippen LogP contribution in [0.1, 0.15) is 64.6 Å². The van der Waals surface area contributed by atoms with Crippen LogP contribution in [0.25, 0.3) is 0 Å². The van der Waals surface area contributed by atoms with Crippen molar-refractivity contribution in [2.24, 2.45) is 0 Å². The molecule has 1 rings (SSSR count). The average Bonchev–Trinajstić information content (AvgIpc) is 2.15. The van der Waals surface area contributed by atoms with Gasteiger partial charge in [0.15, 0.2) is 0 Å². The van der Waals surface area contributed by atoms with E-state index in [2.05, 4.69) is 46.5 Å². The molecule has 90 valence electrons. The number of aromatic nitrogens is 1. The fourth-order valence-electron chi connectivity index (χ4n) is 1.87. The zero-order chi connectivity index (χ0) is 12.3. The molecule has 0 aliphatic carbocycles. The first-order chi connectivity index (χ1) is 7.43. The van der Waals surface area contributed by atoms with Gasteiger partial charge in [0.25, 0.3) is 0 Å². The monoisotopic (exact) mass is 221 g/mol. The van der Waals surface area contributed by atoms with Gasteiger partial charge in [-0.25, -0.2) is 0 Å². The predicted octanol–water partition coefficient (Wildman–Crippen LogP) is 4.12. The van der Waals surface area contributed by atoms with E-state index >= 15 is 0 Å². The van der Waals surface area contributed by atoms with E-state index in [1.165, 1.54) is 5.56 Å². The molecule has 0 spiro atoms. The number of pyridine rings is 1. The van der Waals surface area contributed by atoms with Crippen molar-refractivity contribution in [1.82, 2.24) is 4.98 Å². The van der Waals surface area contributed by atoms with Crippen LogP contribution < -0.4 is 4.74 Å². The molecule has 0 aliphatic heterocycles. The Morgan fingerprint density at radius 2 is 1.62 bits per heavy atom. The smallest absolute Gasteiger partial charge is 0.126 e. The largest absolute Gasteiger partial charge is 0.491 e. The van der Waals surface area contributed by atoms with Gasteiger partial charge in [-0.1, -0.05) is 27.7 Å². The van der Waals surface area contributed by atoms with Gasteiger partial charge in [0, 0.05) is 17.5 Å². The molecule has 0 aromatic carbocycles. The normalized spacial score (nSPS) is 11.6. The third kappa shape index (κ3) is 2.97. The van der Waals surface area contributed by atoms with Gasteiger partial charge in [-0.3, -0.25) is 4.98 Å². The van der Waals surface area contributed by atoms with Crippen molar-refractivity contribution in [2.45, 2.75) is 59.5 Å². The van der Waals surface area contributed by atoms with Crippen LogP contribution in [0, 0.1) is 0 Å². The molecule has 0 bridgehead atoms. The Kier molecular flexibility index (Phi) is 4.34. The molecule has 1 aromatic rings. The number of hydrogen-bond acceptors (Lipinski definition) is 2. The van der Waals surface area contributed by atoms with Crippen LogP contribution in [0.15, 0.2) is 12.3 Å². The molecule has 0 saturated heterocycles. The van der Waals surface area contributed by atoms with Gasteiger partial charge in [-0.15, -0.1) is 0 Å². The molecule has 0 saturated carbocycles. The summed E-state index contributed by atoms with van der Waals surface area (Å²) in [5.74, 6) is 1.87. The molecule has 2 heteroatoms. The summed E-state index contributed by atoms with van der Waals surface area (Å²) in [6, 6.07) is 1.97. The standard InChI is InChI=1S/C14H23NO/c1-9(2)13-12(16-11(5)6)7-8-15-14(13)10(3)4/h7-11H,1-6H3. The fourth-order valence-corrected chi connectivity index (χ4v) is 1.87. The van der Waals surface area contributed by atoms with E-state index in [0.717, 1.165) is 11.4 Å². The Labute approximate surface area is 99.0 Å². The van der Waals surface area contributed by atoms with Crippen molar-refractivity contribution >= 4 is 0 Å². The molecule has 0 aliphatic rings. The van der Waals surface area contributed by atoms with E-state index in [1.807, 2.05) is 12.3 Å². The van der Waals surface area contributed by atoms with Gasteiger partial charge in [0.05, 0.1) is 6.10 Å². The van der Waals surface area contributed by atoms with Gasteiger partial charge in [0.2, 0.25) is 0 Å². The quantitative estimate of drug-likeness (QED) is 0.763. The SMILES string of the molecule is CC(C)Oc1ccnc(C(C)C)c1C(C)C. The Hall–Kier alpha value is -1.05. The van der Waals surface area contributed by atoms with Crippen molar-refractivity contribution in [3.8, 4) is 5.75 Å². The maximum atomic E-state index is 5.86.